The molecule has 4 fully saturated rings. The summed E-state index contributed by atoms with van der Waals surface area (Å²) >= 11 is 0. The smallest absolute Gasteiger partial charge is 0.306 e. The van der Waals surface area contributed by atoms with E-state index in [1.165, 1.54) is 6.20 Å². The molecule has 2 aliphatic carbocycles. The molecule has 43 heavy (non-hydrogen) atoms. The molecule has 2 unspecified atom stereocenters. The number of carboxylic acids is 1. The van der Waals surface area contributed by atoms with E-state index in [1.54, 1.807) is 12.1 Å². The molecule has 228 valence electrons. The van der Waals surface area contributed by atoms with Gasteiger partial charge in [-0.3, -0.25) is 14.6 Å². The minimum atomic E-state index is -0.806. The van der Waals surface area contributed by atoms with Crippen LogP contribution in [0.4, 0.5) is 16.0 Å². The van der Waals surface area contributed by atoms with Gasteiger partial charge in [0, 0.05) is 24.6 Å². The lowest BCUT2D eigenvalue weighted by atomic mass is 9.68. The average molecular weight is 614 g/mol. The zero-order chi connectivity index (χ0) is 29.1. The van der Waals surface area contributed by atoms with Gasteiger partial charge in [0.05, 0.1) is 47.5 Å². The Balaban J connectivity index is 0.00000329. The molecule has 8 rings (SSSR count). The summed E-state index contributed by atoms with van der Waals surface area (Å²) in [4.78, 5) is 38.5. The number of aryl methyl sites for hydroxylation is 1. The van der Waals surface area contributed by atoms with E-state index >= 15 is 4.39 Å². The third-order valence-electron chi connectivity index (χ3n) is 9.51. The molecule has 3 aromatic rings. The summed E-state index contributed by atoms with van der Waals surface area (Å²) in [6.07, 6.45) is 6.40. The van der Waals surface area contributed by atoms with Crippen LogP contribution in [-0.2, 0) is 20.7 Å². The minimum absolute atomic E-state index is 0. The summed E-state index contributed by atoms with van der Waals surface area (Å²) in [6.45, 7) is 0.785. The number of likely N-dealkylation sites (N-methyl/N-ethyl adjacent to an activating group) is 1. The van der Waals surface area contributed by atoms with Crippen LogP contribution in [0.25, 0.3) is 11.0 Å². The number of carbonyl (C=O) groups is 2. The summed E-state index contributed by atoms with van der Waals surface area (Å²) in [5.41, 5.74) is 0.970. The second kappa shape index (κ2) is 11.1. The Morgan fingerprint density at radius 3 is 2.74 bits per heavy atom. The van der Waals surface area contributed by atoms with Crippen molar-refractivity contribution < 1.29 is 33.3 Å². The topological polar surface area (TPSA) is 136 Å². The van der Waals surface area contributed by atoms with Crippen LogP contribution in [0.3, 0.4) is 0 Å². The quantitative estimate of drug-likeness (QED) is 0.362. The number of hydrogen-bond donors (Lipinski definition) is 2. The van der Waals surface area contributed by atoms with E-state index in [1.807, 2.05) is 19.2 Å². The van der Waals surface area contributed by atoms with Crippen LogP contribution in [0.15, 0.2) is 30.5 Å². The number of nitrogens with zero attached hydrogens (tertiary/aromatic N) is 4. The first-order valence-corrected chi connectivity index (χ1v) is 14.4. The molecule has 2 saturated carbocycles. The monoisotopic (exact) mass is 613 g/mol. The normalized spacial score (nSPS) is 27.0. The zero-order valence-electron chi connectivity index (χ0n) is 23.7. The highest BCUT2D eigenvalue weighted by molar-refractivity contribution is 5.94. The number of amides is 1. The molecule has 6 heterocycles. The van der Waals surface area contributed by atoms with Crippen molar-refractivity contribution in [2.45, 2.75) is 56.1 Å². The van der Waals surface area contributed by atoms with Gasteiger partial charge >= 0.3 is 5.97 Å². The predicted octanol–water partition coefficient (Wildman–Crippen LogP) is 4.17. The number of carbonyl (C=O) groups excluding carboxylic acids is 1. The van der Waals surface area contributed by atoms with Crippen LogP contribution in [0, 0.1) is 17.7 Å². The largest absolute Gasteiger partial charge is 0.481 e. The fourth-order valence-electron chi connectivity index (χ4n) is 6.56. The number of carboxylic acid groups (broad SMARTS) is 1. The van der Waals surface area contributed by atoms with E-state index in [0.717, 1.165) is 31.5 Å². The molecule has 0 spiro atoms. The lowest BCUT2D eigenvalue weighted by Gasteiger charge is -2.56. The van der Waals surface area contributed by atoms with Gasteiger partial charge in [-0.25, -0.2) is 14.4 Å². The maximum atomic E-state index is 15.1. The number of rotatable bonds is 9. The highest BCUT2D eigenvalue weighted by Crippen LogP contribution is 2.49. The van der Waals surface area contributed by atoms with Crippen LogP contribution < -0.4 is 19.7 Å². The fourth-order valence-corrected chi connectivity index (χ4v) is 6.56. The third kappa shape index (κ3) is 5.42. The van der Waals surface area contributed by atoms with Gasteiger partial charge in [-0.05, 0) is 63.1 Å². The third-order valence-corrected chi connectivity index (χ3v) is 9.51. The molecule has 2 bridgehead atoms. The van der Waals surface area contributed by atoms with Gasteiger partial charge in [0.15, 0.2) is 18.2 Å². The minimum Gasteiger partial charge on any atom is -0.481 e. The number of aliphatic carboxylic acids is 1. The first kappa shape index (κ1) is 29.3. The lowest BCUT2D eigenvalue weighted by Crippen LogP contribution is -2.62. The molecule has 0 aromatic carbocycles. The van der Waals surface area contributed by atoms with Gasteiger partial charge in [-0.1, -0.05) is 0 Å². The second-order valence-electron chi connectivity index (χ2n) is 12.0. The maximum absolute atomic E-state index is 15.1. The van der Waals surface area contributed by atoms with Crippen LogP contribution in [0.2, 0.25) is 0 Å². The molecule has 13 heteroatoms. The molecule has 1 amide bonds. The molecular weight excluding hydrogens is 581 g/mol. The van der Waals surface area contributed by atoms with Crippen LogP contribution in [0.5, 0.6) is 11.6 Å². The first-order valence-electron chi connectivity index (χ1n) is 14.4. The van der Waals surface area contributed by atoms with Crippen LogP contribution in [-0.4, -0.2) is 69.9 Å². The average Bonchev–Trinajstić information content (AvgIpc) is 3.80. The van der Waals surface area contributed by atoms with Crippen LogP contribution in [0.1, 0.15) is 44.1 Å². The SMILES string of the molecule is CN(c1ccc2c(n1)NC(=O)CO2)C12CCC(CCc3c(F)cnc4ccc(OCC5CC5C(=O)O)nc34)(CC1)OC2.Cl. The van der Waals surface area contributed by atoms with Crippen molar-refractivity contribution in [2.24, 2.45) is 11.8 Å². The maximum Gasteiger partial charge on any atom is 0.306 e. The molecule has 5 aliphatic rings. The van der Waals surface area contributed by atoms with Gasteiger partial charge < -0.3 is 29.5 Å². The van der Waals surface area contributed by atoms with Crippen molar-refractivity contribution in [3.63, 3.8) is 0 Å². The molecule has 11 nitrogen and oxygen atoms in total. The molecule has 2 N–H and O–H groups in total. The van der Waals surface area contributed by atoms with Crippen molar-refractivity contribution >= 4 is 47.0 Å². The Morgan fingerprint density at radius 2 is 2.02 bits per heavy atom. The number of fused-ring (bicyclic) bond motifs is 5. The Kier molecular flexibility index (Phi) is 7.54. The highest BCUT2D eigenvalue weighted by Gasteiger charge is 2.52. The molecule has 0 radical (unpaired) electrons. The highest BCUT2D eigenvalue weighted by atomic mass is 35.5. The number of ether oxygens (including phenoxy) is 3. The lowest BCUT2D eigenvalue weighted by molar-refractivity contribution is -0.156. The molecule has 3 aliphatic heterocycles. The van der Waals surface area contributed by atoms with E-state index in [2.05, 4.69) is 25.2 Å². The second-order valence-corrected chi connectivity index (χ2v) is 12.0. The van der Waals surface area contributed by atoms with E-state index in [9.17, 15) is 9.59 Å². The van der Waals surface area contributed by atoms with Crippen molar-refractivity contribution in [3.8, 4) is 11.6 Å². The Bertz CT molecular complexity index is 1570. The number of anilines is 2. The predicted molar refractivity (Wildman–Crippen MR) is 156 cm³/mol. The first-order chi connectivity index (χ1) is 20.2. The standard InChI is InChI=1S/C30H32FN5O6.ClH/c1-36(23-4-3-22-27(33-23)34-24(37)15-40-22)29-8-10-30(11-9-29,42-16-29)7-6-18-20(31)13-32-21-2-5-25(35-26(18)21)41-14-17-12-19(17)28(38)39;/h2-5,13,17,19H,6-12,14-16H2,1H3,(H,38,39)(H,33,34,37);1H. The zero-order valence-corrected chi connectivity index (χ0v) is 24.5. The summed E-state index contributed by atoms with van der Waals surface area (Å²) in [5, 5.41) is 11.9. The number of halogens is 2. The molecule has 3 aromatic heterocycles. The molecule has 2 saturated heterocycles. The van der Waals surface area contributed by atoms with Crippen molar-refractivity contribution in [3.05, 3.63) is 41.8 Å². The number of pyridine rings is 3. The van der Waals surface area contributed by atoms with E-state index in [-0.39, 0.29) is 54.5 Å². The van der Waals surface area contributed by atoms with E-state index in [0.29, 0.717) is 59.9 Å². The Hall–Kier alpha value is -3.77. The number of hydrogen-bond acceptors (Lipinski definition) is 9. The summed E-state index contributed by atoms with van der Waals surface area (Å²) in [5.74, 6) is 0.246. The van der Waals surface area contributed by atoms with Crippen molar-refractivity contribution in [1.29, 1.82) is 0 Å². The van der Waals surface area contributed by atoms with Crippen molar-refractivity contribution in [2.75, 3.05) is 37.1 Å². The molecule has 2 atom stereocenters. The summed E-state index contributed by atoms with van der Waals surface area (Å²) in [7, 11) is 2.01. The van der Waals surface area contributed by atoms with Gasteiger partial charge in [0.25, 0.3) is 5.91 Å². The van der Waals surface area contributed by atoms with Gasteiger partial charge in [-0.15, -0.1) is 12.4 Å². The van der Waals surface area contributed by atoms with E-state index < -0.39 is 11.8 Å². The van der Waals surface area contributed by atoms with Gasteiger partial charge in [0.1, 0.15) is 11.6 Å². The van der Waals surface area contributed by atoms with Gasteiger partial charge in [-0.2, -0.15) is 0 Å². The molecular formula is C30H33ClFN5O6. The Morgan fingerprint density at radius 1 is 1.21 bits per heavy atom. The number of aromatic nitrogens is 3. The van der Waals surface area contributed by atoms with Crippen LogP contribution >= 0.6 is 12.4 Å². The fraction of sp³-hybridized carbons (Fsp3) is 0.500. The Labute approximate surface area is 253 Å². The summed E-state index contributed by atoms with van der Waals surface area (Å²) in [6, 6.07) is 7.18. The number of nitrogens with one attached hydrogen (secondary N) is 1. The van der Waals surface area contributed by atoms with Gasteiger partial charge in [0.2, 0.25) is 5.88 Å². The summed E-state index contributed by atoms with van der Waals surface area (Å²) < 4.78 is 32.9. The van der Waals surface area contributed by atoms with E-state index in [4.69, 9.17) is 19.3 Å². The van der Waals surface area contributed by atoms with Crippen molar-refractivity contribution in [1.82, 2.24) is 15.0 Å².